The van der Waals surface area contributed by atoms with Crippen LogP contribution in [-0.4, -0.2) is 17.4 Å². The number of anilines is 1. The minimum atomic E-state index is -4.56. The first-order chi connectivity index (χ1) is 8.82. The molecule has 0 aliphatic carbocycles. The zero-order chi connectivity index (χ0) is 14.2. The highest BCUT2D eigenvalue weighted by Gasteiger charge is 2.39. The number of alkyl halides is 3. The van der Waals surface area contributed by atoms with Crippen molar-refractivity contribution in [1.29, 1.82) is 0 Å². The Hall–Kier alpha value is -1.37. The molecule has 0 bridgehead atoms. The van der Waals surface area contributed by atoms with Crippen LogP contribution in [-0.2, 0) is 11.0 Å². The van der Waals surface area contributed by atoms with E-state index in [-0.39, 0.29) is 35.1 Å². The van der Waals surface area contributed by atoms with E-state index in [9.17, 15) is 18.0 Å². The summed E-state index contributed by atoms with van der Waals surface area (Å²) >= 11 is 2.96. The number of aromatic nitrogens is 1. The molecule has 0 N–H and O–H groups in total. The van der Waals surface area contributed by atoms with Gasteiger partial charge in [-0.05, 0) is 22.0 Å². The van der Waals surface area contributed by atoms with Gasteiger partial charge in [0.1, 0.15) is 5.82 Å². The first-order valence-corrected chi connectivity index (χ1v) is 6.28. The molecular weight excluding hydrogens is 325 g/mol. The Balaban J connectivity index is 2.45. The van der Waals surface area contributed by atoms with Crippen molar-refractivity contribution in [2.75, 3.05) is 11.4 Å². The molecule has 1 aliphatic heterocycles. The van der Waals surface area contributed by atoms with Gasteiger partial charge in [0.25, 0.3) is 0 Å². The molecule has 102 valence electrons. The number of pyridine rings is 1. The van der Waals surface area contributed by atoms with Crippen LogP contribution in [0.4, 0.5) is 19.0 Å². The maximum Gasteiger partial charge on any atom is 0.420 e. The third kappa shape index (κ3) is 2.80. The molecule has 19 heavy (non-hydrogen) atoms. The number of nitrogens with zero attached hydrogens (tertiary/aromatic N) is 2. The molecule has 0 aromatic carbocycles. The summed E-state index contributed by atoms with van der Waals surface area (Å²) in [6.07, 6.45) is -1.57. The number of hydrogen-bond acceptors (Lipinski definition) is 2. The lowest BCUT2D eigenvalue weighted by molar-refractivity contribution is -0.137. The van der Waals surface area contributed by atoms with Crippen molar-refractivity contribution in [2.45, 2.75) is 12.6 Å². The van der Waals surface area contributed by atoms with E-state index < -0.39 is 11.7 Å². The maximum atomic E-state index is 13.0. The Morgan fingerprint density at radius 3 is 2.74 bits per heavy atom. The molecule has 1 aromatic heterocycles. The van der Waals surface area contributed by atoms with Gasteiger partial charge in [0.05, 0.1) is 5.56 Å². The van der Waals surface area contributed by atoms with Gasteiger partial charge in [0.15, 0.2) is 0 Å². The van der Waals surface area contributed by atoms with Crippen LogP contribution in [0.15, 0.2) is 29.4 Å². The zero-order valence-electron chi connectivity index (χ0n) is 9.75. The summed E-state index contributed by atoms with van der Waals surface area (Å²) in [6.45, 7) is 3.74. The number of amides is 1. The van der Waals surface area contributed by atoms with Crippen molar-refractivity contribution in [2.24, 2.45) is 5.92 Å². The highest BCUT2D eigenvalue weighted by atomic mass is 79.9. The molecular formula is C12H10BrF3N2O. The minimum Gasteiger partial charge on any atom is -0.296 e. The lowest BCUT2D eigenvalue weighted by Gasteiger charge is -2.20. The van der Waals surface area contributed by atoms with Gasteiger partial charge in [-0.1, -0.05) is 6.08 Å². The number of hydrogen-bond donors (Lipinski definition) is 0. The molecule has 1 aromatic rings. The van der Waals surface area contributed by atoms with Crippen molar-refractivity contribution < 1.29 is 18.0 Å². The fourth-order valence-electron chi connectivity index (χ4n) is 1.95. The van der Waals surface area contributed by atoms with Crippen LogP contribution in [0.3, 0.4) is 0 Å². The monoisotopic (exact) mass is 334 g/mol. The van der Waals surface area contributed by atoms with Crippen molar-refractivity contribution in [3.05, 3.63) is 35.0 Å². The van der Waals surface area contributed by atoms with Crippen LogP contribution in [0.2, 0.25) is 0 Å². The molecule has 2 heterocycles. The van der Waals surface area contributed by atoms with Gasteiger partial charge in [-0.2, -0.15) is 13.2 Å². The van der Waals surface area contributed by atoms with Gasteiger partial charge in [0, 0.05) is 29.6 Å². The van der Waals surface area contributed by atoms with Crippen molar-refractivity contribution in [3.8, 4) is 0 Å². The average Bonchev–Trinajstić information content (AvgIpc) is 2.69. The molecule has 2 rings (SSSR count). The largest absolute Gasteiger partial charge is 0.420 e. The van der Waals surface area contributed by atoms with Crippen LogP contribution >= 0.6 is 15.9 Å². The predicted octanol–water partition coefficient (Wildman–Crippen LogP) is 3.40. The zero-order valence-corrected chi connectivity index (χ0v) is 11.3. The molecule has 0 spiro atoms. The Labute approximate surface area is 116 Å². The summed E-state index contributed by atoms with van der Waals surface area (Å²) in [5, 5.41) is 0. The smallest absolute Gasteiger partial charge is 0.296 e. The van der Waals surface area contributed by atoms with Crippen molar-refractivity contribution in [3.63, 3.8) is 0 Å². The molecule has 1 atom stereocenters. The van der Waals surface area contributed by atoms with E-state index in [1.807, 2.05) is 0 Å². The first kappa shape index (κ1) is 14.0. The van der Waals surface area contributed by atoms with E-state index in [2.05, 4.69) is 27.5 Å². The Bertz CT molecular complexity index is 530. The summed E-state index contributed by atoms with van der Waals surface area (Å²) in [7, 11) is 0. The quantitative estimate of drug-likeness (QED) is 0.776. The van der Waals surface area contributed by atoms with E-state index in [0.717, 1.165) is 11.0 Å². The second kappa shape index (κ2) is 4.96. The Kier molecular flexibility index (Phi) is 3.66. The summed E-state index contributed by atoms with van der Waals surface area (Å²) < 4.78 is 39.1. The van der Waals surface area contributed by atoms with Gasteiger partial charge >= 0.3 is 6.18 Å². The molecule has 1 fully saturated rings. The highest BCUT2D eigenvalue weighted by molar-refractivity contribution is 9.10. The highest BCUT2D eigenvalue weighted by Crippen LogP contribution is 2.38. The van der Waals surface area contributed by atoms with E-state index >= 15 is 0 Å². The van der Waals surface area contributed by atoms with Crippen LogP contribution in [0, 0.1) is 5.92 Å². The topological polar surface area (TPSA) is 33.2 Å². The molecule has 1 unspecified atom stereocenters. The average molecular weight is 335 g/mol. The van der Waals surface area contributed by atoms with Crippen molar-refractivity contribution in [1.82, 2.24) is 4.98 Å². The van der Waals surface area contributed by atoms with E-state index in [1.54, 1.807) is 6.08 Å². The number of rotatable bonds is 2. The van der Waals surface area contributed by atoms with Crippen molar-refractivity contribution >= 4 is 27.7 Å². The van der Waals surface area contributed by atoms with Gasteiger partial charge in [-0.15, -0.1) is 6.58 Å². The predicted molar refractivity (Wildman–Crippen MR) is 67.6 cm³/mol. The number of carbonyl (C=O) groups excluding carboxylic acids is 1. The van der Waals surface area contributed by atoms with Gasteiger partial charge in [-0.3, -0.25) is 9.69 Å². The molecule has 1 amide bonds. The normalized spacial score (nSPS) is 19.9. The SMILES string of the molecule is C=CC1CC(=O)N(c2ncc(Br)cc2C(F)(F)F)C1. The fraction of sp³-hybridized carbons (Fsp3) is 0.333. The van der Waals surface area contributed by atoms with Gasteiger partial charge in [0.2, 0.25) is 5.91 Å². The standard InChI is InChI=1S/C12H10BrF3N2O/c1-2-7-3-10(19)18(6-7)11-9(12(14,15)16)4-8(13)5-17-11/h2,4-5,7H,1,3,6H2. The third-order valence-corrected chi connectivity index (χ3v) is 3.32. The molecule has 0 saturated carbocycles. The minimum absolute atomic E-state index is 0.140. The summed E-state index contributed by atoms with van der Waals surface area (Å²) in [5.41, 5.74) is -0.917. The molecule has 1 aliphatic rings. The summed E-state index contributed by atoms with van der Waals surface area (Å²) in [5.74, 6) is -0.852. The van der Waals surface area contributed by atoms with Gasteiger partial charge < -0.3 is 0 Å². The first-order valence-electron chi connectivity index (χ1n) is 5.48. The fourth-order valence-corrected chi connectivity index (χ4v) is 2.28. The number of halogens is 4. The van der Waals surface area contributed by atoms with Crippen LogP contribution in [0.5, 0.6) is 0 Å². The summed E-state index contributed by atoms with van der Waals surface area (Å²) in [6, 6.07) is 0.927. The van der Waals surface area contributed by atoms with E-state index in [1.165, 1.54) is 6.20 Å². The second-order valence-electron chi connectivity index (χ2n) is 4.23. The van der Waals surface area contributed by atoms with Crippen LogP contribution in [0.1, 0.15) is 12.0 Å². The third-order valence-electron chi connectivity index (χ3n) is 2.88. The molecule has 3 nitrogen and oxygen atoms in total. The van der Waals surface area contributed by atoms with Crippen LogP contribution in [0.25, 0.3) is 0 Å². The Morgan fingerprint density at radius 2 is 2.21 bits per heavy atom. The Morgan fingerprint density at radius 1 is 1.53 bits per heavy atom. The molecule has 1 saturated heterocycles. The number of carbonyl (C=O) groups is 1. The lowest BCUT2D eigenvalue weighted by Crippen LogP contribution is -2.28. The van der Waals surface area contributed by atoms with Crippen LogP contribution < -0.4 is 4.90 Å². The maximum absolute atomic E-state index is 13.0. The molecule has 7 heteroatoms. The van der Waals surface area contributed by atoms with E-state index in [0.29, 0.717) is 0 Å². The summed E-state index contributed by atoms with van der Waals surface area (Å²) in [4.78, 5) is 16.6. The van der Waals surface area contributed by atoms with Gasteiger partial charge in [-0.25, -0.2) is 4.98 Å². The van der Waals surface area contributed by atoms with E-state index in [4.69, 9.17) is 0 Å². The lowest BCUT2D eigenvalue weighted by atomic mass is 10.1. The second-order valence-corrected chi connectivity index (χ2v) is 5.14. The molecule has 0 radical (unpaired) electrons.